The second kappa shape index (κ2) is 10.7. The van der Waals surface area contributed by atoms with Crippen molar-refractivity contribution in [2.24, 2.45) is 0 Å². The normalized spacial score (nSPS) is 13.2. The molecule has 186 valence electrons. The highest BCUT2D eigenvalue weighted by molar-refractivity contribution is 5.88. The number of nitrogens with one attached hydrogen (secondary N) is 1. The minimum Gasteiger partial charge on any atom is -0.489 e. The molecule has 3 aromatic carbocycles. The summed E-state index contributed by atoms with van der Waals surface area (Å²) in [7, 11) is 0. The fourth-order valence-corrected chi connectivity index (χ4v) is 3.98. The maximum atomic E-state index is 11.1. The lowest BCUT2D eigenvalue weighted by Gasteiger charge is -2.28. The molecule has 8 nitrogen and oxygen atoms in total. The highest BCUT2D eigenvalue weighted by Gasteiger charge is 2.22. The van der Waals surface area contributed by atoms with E-state index in [0.29, 0.717) is 17.9 Å². The molecule has 1 heterocycles. The summed E-state index contributed by atoms with van der Waals surface area (Å²) in [6.45, 7) is 4.65. The molecule has 3 N–H and O–H groups in total. The van der Waals surface area contributed by atoms with Crippen LogP contribution < -0.4 is 19.5 Å². The standard InChI is InChI=1S/C28H28N2O6/c1-28(2,13-18-3-10-24-26(11-18)36-17-35-24)30-15-23(31)16-34-25-12-21(8-9-22(25)14-29)19-4-6-20(7-5-19)27(32)33/h3-12,23,30-31H,13,15-17H2,1-2H3,(H,32,33). The maximum Gasteiger partial charge on any atom is 0.335 e. The second-order valence-corrected chi connectivity index (χ2v) is 9.30. The average Bonchev–Trinajstić information content (AvgIpc) is 3.34. The highest BCUT2D eigenvalue weighted by Crippen LogP contribution is 2.33. The van der Waals surface area contributed by atoms with Gasteiger partial charge in [-0.05, 0) is 73.4 Å². The van der Waals surface area contributed by atoms with Crippen molar-refractivity contribution in [2.45, 2.75) is 31.9 Å². The lowest BCUT2D eigenvalue weighted by molar-refractivity contribution is 0.0697. The number of aromatic carboxylic acids is 1. The number of nitriles is 1. The van der Waals surface area contributed by atoms with Crippen molar-refractivity contribution in [3.63, 3.8) is 0 Å². The largest absolute Gasteiger partial charge is 0.489 e. The number of carbonyl (C=O) groups is 1. The molecular formula is C28H28N2O6. The maximum absolute atomic E-state index is 11.1. The predicted molar refractivity (Wildman–Crippen MR) is 133 cm³/mol. The van der Waals surface area contributed by atoms with Crippen LogP contribution in [0.2, 0.25) is 0 Å². The lowest BCUT2D eigenvalue weighted by Crippen LogP contribution is -2.46. The smallest absolute Gasteiger partial charge is 0.335 e. The van der Waals surface area contributed by atoms with E-state index in [9.17, 15) is 15.2 Å². The average molecular weight is 489 g/mol. The number of benzene rings is 3. The molecule has 0 saturated heterocycles. The monoisotopic (exact) mass is 488 g/mol. The van der Waals surface area contributed by atoms with E-state index < -0.39 is 12.1 Å². The van der Waals surface area contributed by atoms with Crippen molar-refractivity contribution in [2.75, 3.05) is 19.9 Å². The lowest BCUT2D eigenvalue weighted by atomic mass is 9.94. The topological polar surface area (TPSA) is 121 Å². The van der Waals surface area contributed by atoms with E-state index in [4.69, 9.17) is 19.3 Å². The summed E-state index contributed by atoms with van der Waals surface area (Å²) in [5.74, 6) is 0.850. The molecular weight excluding hydrogens is 460 g/mol. The molecule has 0 saturated carbocycles. The first-order valence-corrected chi connectivity index (χ1v) is 11.6. The van der Waals surface area contributed by atoms with Crippen LogP contribution in [0.1, 0.15) is 35.3 Å². The van der Waals surface area contributed by atoms with Gasteiger partial charge in [-0.1, -0.05) is 24.3 Å². The Kier molecular flexibility index (Phi) is 7.44. The number of β-amino-alcohol motifs (C(OH)–C–C–N with tert-alkyl or cyclic N) is 1. The van der Waals surface area contributed by atoms with E-state index in [2.05, 4.69) is 25.2 Å². The minimum absolute atomic E-state index is 0.00316. The molecule has 0 amide bonds. The minimum atomic E-state index is -0.993. The molecule has 0 aliphatic carbocycles. The zero-order chi connectivity index (χ0) is 25.7. The highest BCUT2D eigenvalue weighted by atomic mass is 16.7. The van der Waals surface area contributed by atoms with Crippen LogP contribution in [0.15, 0.2) is 60.7 Å². The fraction of sp³-hybridized carbons (Fsp3) is 0.286. The van der Waals surface area contributed by atoms with Crippen molar-refractivity contribution in [1.29, 1.82) is 5.26 Å². The third-order valence-corrected chi connectivity index (χ3v) is 5.90. The van der Waals surface area contributed by atoms with Crippen molar-refractivity contribution in [1.82, 2.24) is 5.32 Å². The number of ether oxygens (including phenoxy) is 3. The number of nitrogens with zero attached hydrogens (tertiary/aromatic N) is 1. The Bertz CT molecular complexity index is 1280. The van der Waals surface area contributed by atoms with Crippen molar-refractivity contribution >= 4 is 5.97 Å². The molecule has 0 spiro atoms. The molecule has 0 fully saturated rings. The van der Waals surface area contributed by atoms with Crippen LogP contribution in [-0.2, 0) is 6.42 Å². The van der Waals surface area contributed by atoms with E-state index in [1.165, 1.54) is 12.1 Å². The van der Waals surface area contributed by atoms with E-state index in [0.717, 1.165) is 34.6 Å². The first-order valence-electron chi connectivity index (χ1n) is 11.6. The van der Waals surface area contributed by atoms with Gasteiger partial charge in [0.05, 0.1) is 11.1 Å². The van der Waals surface area contributed by atoms with Crippen molar-refractivity contribution in [3.8, 4) is 34.4 Å². The zero-order valence-electron chi connectivity index (χ0n) is 20.2. The zero-order valence-corrected chi connectivity index (χ0v) is 20.2. The van der Waals surface area contributed by atoms with Gasteiger partial charge in [0.2, 0.25) is 6.79 Å². The van der Waals surface area contributed by atoms with E-state index in [-0.39, 0.29) is 24.5 Å². The van der Waals surface area contributed by atoms with Gasteiger partial charge in [-0.2, -0.15) is 5.26 Å². The molecule has 0 bridgehead atoms. The molecule has 8 heteroatoms. The van der Waals surface area contributed by atoms with Gasteiger partial charge in [-0.3, -0.25) is 0 Å². The Morgan fingerprint density at radius 3 is 2.53 bits per heavy atom. The van der Waals surface area contributed by atoms with Crippen molar-refractivity contribution in [3.05, 3.63) is 77.4 Å². The van der Waals surface area contributed by atoms with Gasteiger partial charge in [0.25, 0.3) is 0 Å². The molecule has 4 rings (SSSR count). The van der Waals surface area contributed by atoms with Gasteiger partial charge < -0.3 is 29.7 Å². The Morgan fingerprint density at radius 1 is 1.08 bits per heavy atom. The first-order chi connectivity index (χ1) is 17.2. The van der Waals surface area contributed by atoms with Crippen LogP contribution in [-0.4, -0.2) is 47.8 Å². The number of fused-ring (bicyclic) bond motifs is 1. The molecule has 1 unspecified atom stereocenters. The summed E-state index contributed by atoms with van der Waals surface area (Å²) >= 11 is 0. The molecule has 36 heavy (non-hydrogen) atoms. The SMILES string of the molecule is CC(C)(Cc1ccc2c(c1)OCO2)NCC(O)COc1cc(-c2ccc(C(=O)O)cc2)ccc1C#N. The number of hydrogen-bond donors (Lipinski definition) is 3. The van der Waals surface area contributed by atoms with E-state index >= 15 is 0 Å². The van der Waals surface area contributed by atoms with Gasteiger partial charge in [-0.15, -0.1) is 0 Å². The molecule has 3 aromatic rings. The van der Waals surface area contributed by atoms with Gasteiger partial charge >= 0.3 is 5.97 Å². The Morgan fingerprint density at radius 2 is 1.81 bits per heavy atom. The van der Waals surface area contributed by atoms with Gasteiger partial charge in [0.15, 0.2) is 11.5 Å². The van der Waals surface area contributed by atoms with Crippen LogP contribution in [0.3, 0.4) is 0 Å². The quantitative estimate of drug-likeness (QED) is 0.392. The molecule has 0 aromatic heterocycles. The molecule has 1 aliphatic rings. The Labute approximate surface area is 209 Å². The molecule has 0 radical (unpaired) electrons. The van der Waals surface area contributed by atoms with Crippen LogP contribution in [0.5, 0.6) is 17.2 Å². The third kappa shape index (κ3) is 6.13. The summed E-state index contributed by atoms with van der Waals surface area (Å²) in [6.07, 6.45) is -0.0792. The summed E-state index contributed by atoms with van der Waals surface area (Å²) in [6, 6.07) is 19.6. The van der Waals surface area contributed by atoms with Crippen LogP contribution in [0.4, 0.5) is 0 Å². The summed E-state index contributed by atoms with van der Waals surface area (Å²) < 4.78 is 16.6. The third-order valence-electron chi connectivity index (χ3n) is 5.90. The second-order valence-electron chi connectivity index (χ2n) is 9.30. The summed E-state index contributed by atoms with van der Waals surface area (Å²) in [5.41, 5.74) is 2.91. The number of aliphatic hydroxyl groups excluding tert-OH is 1. The molecule has 1 atom stereocenters. The number of hydrogen-bond acceptors (Lipinski definition) is 7. The first kappa shape index (κ1) is 25.0. The molecule has 1 aliphatic heterocycles. The van der Waals surface area contributed by atoms with Gasteiger partial charge in [0.1, 0.15) is 24.5 Å². The van der Waals surface area contributed by atoms with Crippen molar-refractivity contribution < 1.29 is 29.2 Å². The van der Waals surface area contributed by atoms with E-state index in [1.807, 2.05) is 18.2 Å². The van der Waals surface area contributed by atoms with Crippen LogP contribution in [0.25, 0.3) is 11.1 Å². The predicted octanol–water partition coefficient (Wildman–Crippen LogP) is 4.00. The Balaban J connectivity index is 1.34. The number of carboxylic acids is 1. The number of aliphatic hydroxyl groups is 1. The van der Waals surface area contributed by atoms with Gasteiger partial charge in [0, 0.05) is 12.1 Å². The van der Waals surface area contributed by atoms with E-state index in [1.54, 1.807) is 30.3 Å². The Hall–Kier alpha value is -4.06. The fourth-order valence-electron chi connectivity index (χ4n) is 3.98. The number of rotatable bonds is 10. The van der Waals surface area contributed by atoms with Crippen LogP contribution >= 0.6 is 0 Å². The summed E-state index contributed by atoms with van der Waals surface area (Å²) in [5, 5.41) is 32.5. The number of carboxylic acid groups (broad SMARTS) is 1. The van der Waals surface area contributed by atoms with Crippen LogP contribution in [0, 0.1) is 11.3 Å². The summed E-state index contributed by atoms with van der Waals surface area (Å²) in [4.78, 5) is 11.1. The van der Waals surface area contributed by atoms with Gasteiger partial charge in [-0.25, -0.2) is 4.79 Å².